The van der Waals surface area contributed by atoms with Gasteiger partial charge >= 0.3 is 0 Å². The molecule has 0 aliphatic heterocycles. The third-order valence-electron chi connectivity index (χ3n) is 4.49. The molecule has 3 heteroatoms. The van der Waals surface area contributed by atoms with Crippen molar-refractivity contribution < 1.29 is 4.74 Å². The van der Waals surface area contributed by atoms with Crippen molar-refractivity contribution in [2.75, 3.05) is 7.05 Å². The highest BCUT2D eigenvalue weighted by atomic mass is 16.5. The van der Waals surface area contributed by atoms with Crippen molar-refractivity contribution in [1.82, 2.24) is 10.3 Å². The summed E-state index contributed by atoms with van der Waals surface area (Å²) in [7, 11) is 1.98. The summed E-state index contributed by atoms with van der Waals surface area (Å²) in [4.78, 5) is 4.54. The van der Waals surface area contributed by atoms with Crippen LogP contribution in [0.3, 0.4) is 0 Å². The van der Waals surface area contributed by atoms with Crippen LogP contribution in [0.2, 0.25) is 0 Å². The molecule has 1 saturated carbocycles. The zero-order chi connectivity index (χ0) is 14.4. The number of ether oxygens (including phenoxy) is 1. The van der Waals surface area contributed by atoms with E-state index in [1.54, 1.807) is 0 Å². The lowest BCUT2D eigenvalue weighted by molar-refractivity contribution is 0.121. The molecule has 1 fully saturated rings. The van der Waals surface area contributed by atoms with Gasteiger partial charge in [0.15, 0.2) is 0 Å². The van der Waals surface area contributed by atoms with E-state index >= 15 is 0 Å². The molecule has 0 radical (unpaired) electrons. The molecular weight excluding hydrogens is 248 g/mol. The van der Waals surface area contributed by atoms with Gasteiger partial charge < -0.3 is 10.1 Å². The second-order valence-corrected chi connectivity index (χ2v) is 5.85. The Morgan fingerprint density at radius 3 is 2.80 bits per heavy atom. The van der Waals surface area contributed by atoms with Crippen molar-refractivity contribution in [2.45, 2.75) is 64.5 Å². The lowest BCUT2D eigenvalue weighted by Gasteiger charge is -2.28. The summed E-state index contributed by atoms with van der Waals surface area (Å²) in [6.45, 7) is 4.45. The molecule has 0 aromatic carbocycles. The number of hydrogen-bond acceptors (Lipinski definition) is 3. The first-order valence-corrected chi connectivity index (χ1v) is 8.06. The van der Waals surface area contributed by atoms with Gasteiger partial charge in [0.05, 0.1) is 18.0 Å². The topological polar surface area (TPSA) is 34.1 Å². The van der Waals surface area contributed by atoms with E-state index in [-0.39, 0.29) is 0 Å². The zero-order valence-electron chi connectivity index (χ0n) is 13.1. The Morgan fingerprint density at radius 2 is 2.20 bits per heavy atom. The normalized spacial score (nSPS) is 24.4. The van der Waals surface area contributed by atoms with Crippen LogP contribution < -0.4 is 10.1 Å². The molecule has 2 rings (SSSR count). The largest absolute Gasteiger partial charge is 0.489 e. The number of nitrogens with one attached hydrogen (secondary N) is 1. The van der Waals surface area contributed by atoms with E-state index in [2.05, 4.69) is 36.3 Å². The van der Waals surface area contributed by atoms with Gasteiger partial charge in [-0.05, 0) is 50.8 Å². The van der Waals surface area contributed by atoms with E-state index in [1.807, 2.05) is 13.2 Å². The van der Waals surface area contributed by atoms with Gasteiger partial charge in [0.25, 0.3) is 0 Å². The van der Waals surface area contributed by atoms with Crippen molar-refractivity contribution >= 4 is 0 Å². The van der Waals surface area contributed by atoms with Crippen LogP contribution in [0.15, 0.2) is 18.3 Å². The van der Waals surface area contributed by atoms with Crippen LogP contribution in [-0.4, -0.2) is 18.1 Å². The highest BCUT2D eigenvalue weighted by molar-refractivity contribution is 5.21. The average molecular weight is 276 g/mol. The highest BCUT2D eigenvalue weighted by Gasteiger charge is 2.22. The summed E-state index contributed by atoms with van der Waals surface area (Å²) >= 11 is 0. The minimum atomic E-state index is 0.336. The maximum absolute atomic E-state index is 6.11. The number of rotatable bonds is 6. The van der Waals surface area contributed by atoms with Crippen molar-refractivity contribution in [3.63, 3.8) is 0 Å². The fourth-order valence-corrected chi connectivity index (χ4v) is 3.14. The number of hydrogen-bond donors (Lipinski definition) is 1. The van der Waals surface area contributed by atoms with Crippen LogP contribution in [0.4, 0.5) is 0 Å². The van der Waals surface area contributed by atoms with Gasteiger partial charge in [-0.25, -0.2) is 0 Å². The smallest absolute Gasteiger partial charge is 0.138 e. The second kappa shape index (κ2) is 7.63. The number of aromatic nitrogens is 1. The molecule has 1 N–H and O–H groups in total. The maximum Gasteiger partial charge on any atom is 0.138 e. The van der Waals surface area contributed by atoms with Gasteiger partial charge in [-0.15, -0.1) is 0 Å². The average Bonchev–Trinajstić information content (AvgIpc) is 2.50. The Bertz CT molecular complexity index is 386. The van der Waals surface area contributed by atoms with Crippen LogP contribution in [-0.2, 0) is 0 Å². The molecule has 0 bridgehead atoms. The summed E-state index contributed by atoms with van der Waals surface area (Å²) in [5, 5.41) is 3.28. The first-order valence-electron chi connectivity index (χ1n) is 8.06. The van der Waals surface area contributed by atoms with Crippen LogP contribution >= 0.6 is 0 Å². The summed E-state index contributed by atoms with van der Waals surface area (Å²) in [5.74, 6) is 1.76. The van der Waals surface area contributed by atoms with Gasteiger partial charge in [0.1, 0.15) is 5.75 Å². The van der Waals surface area contributed by atoms with Gasteiger partial charge in [0, 0.05) is 6.04 Å². The Hall–Kier alpha value is -1.09. The summed E-state index contributed by atoms with van der Waals surface area (Å²) < 4.78 is 6.11. The Labute approximate surface area is 123 Å². The molecule has 0 saturated heterocycles. The Kier molecular flexibility index (Phi) is 5.84. The van der Waals surface area contributed by atoms with Crippen LogP contribution in [0, 0.1) is 5.92 Å². The van der Waals surface area contributed by atoms with Crippen molar-refractivity contribution in [2.24, 2.45) is 5.92 Å². The molecule has 1 aromatic rings. The Morgan fingerprint density at radius 1 is 1.35 bits per heavy atom. The summed E-state index contributed by atoms with van der Waals surface area (Å²) in [6.07, 6.45) is 9.64. The number of nitrogens with zero attached hydrogens (tertiary/aromatic N) is 1. The lowest BCUT2D eigenvalue weighted by atomic mass is 9.85. The highest BCUT2D eigenvalue weighted by Crippen LogP contribution is 2.29. The second-order valence-electron chi connectivity index (χ2n) is 5.85. The van der Waals surface area contributed by atoms with Gasteiger partial charge in [-0.1, -0.05) is 26.7 Å². The standard InChI is InChI=1S/C17H28N2O/c1-4-13-7-6-8-14(11-13)20-15-9-10-17(19-12-15)16(5-2)18-3/h9-10,12-14,16,18H,4-8,11H2,1-3H3. The van der Waals surface area contributed by atoms with Gasteiger partial charge in [0.2, 0.25) is 0 Å². The molecule has 20 heavy (non-hydrogen) atoms. The fourth-order valence-electron chi connectivity index (χ4n) is 3.14. The third kappa shape index (κ3) is 3.95. The Balaban J connectivity index is 1.93. The summed E-state index contributed by atoms with van der Waals surface area (Å²) in [6, 6.07) is 4.49. The predicted molar refractivity (Wildman–Crippen MR) is 83.0 cm³/mol. The molecule has 3 unspecified atom stereocenters. The molecule has 0 spiro atoms. The first-order chi connectivity index (χ1) is 9.76. The molecule has 1 aliphatic rings. The minimum Gasteiger partial charge on any atom is -0.489 e. The monoisotopic (exact) mass is 276 g/mol. The van der Waals surface area contributed by atoms with E-state index in [0.717, 1.165) is 23.8 Å². The maximum atomic E-state index is 6.11. The van der Waals surface area contributed by atoms with E-state index < -0.39 is 0 Å². The third-order valence-corrected chi connectivity index (χ3v) is 4.49. The van der Waals surface area contributed by atoms with E-state index in [0.29, 0.717) is 12.1 Å². The SMILES string of the molecule is CCC1CCCC(Oc2ccc(C(CC)NC)nc2)C1. The zero-order valence-corrected chi connectivity index (χ0v) is 13.1. The molecule has 1 aliphatic carbocycles. The molecule has 3 atom stereocenters. The molecule has 1 heterocycles. The molecule has 112 valence electrons. The van der Waals surface area contributed by atoms with Gasteiger partial charge in [-0.3, -0.25) is 4.98 Å². The van der Waals surface area contributed by atoms with Crippen LogP contribution in [0.1, 0.15) is 64.1 Å². The number of pyridine rings is 1. The molecule has 1 aromatic heterocycles. The molecular formula is C17H28N2O. The van der Waals surface area contributed by atoms with Crippen LogP contribution in [0.25, 0.3) is 0 Å². The van der Waals surface area contributed by atoms with Crippen molar-refractivity contribution in [3.8, 4) is 5.75 Å². The quantitative estimate of drug-likeness (QED) is 0.849. The lowest BCUT2D eigenvalue weighted by Crippen LogP contribution is -2.25. The van der Waals surface area contributed by atoms with E-state index in [4.69, 9.17) is 4.74 Å². The molecule has 0 amide bonds. The molecule has 3 nitrogen and oxygen atoms in total. The first kappa shape index (κ1) is 15.3. The fraction of sp³-hybridized carbons (Fsp3) is 0.706. The van der Waals surface area contributed by atoms with E-state index in [1.165, 1.54) is 32.1 Å². The minimum absolute atomic E-state index is 0.336. The van der Waals surface area contributed by atoms with Crippen LogP contribution in [0.5, 0.6) is 5.75 Å². The van der Waals surface area contributed by atoms with E-state index in [9.17, 15) is 0 Å². The van der Waals surface area contributed by atoms with Gasteiger partial charge in [-0.2, -0.15) is 0 Å². The predicted octanol–water partition coefficient (Wildman–Crippen LogP) is 4.10. The van der Waals surface area contributed by atoms with Crippen molar-refractivity contribution in [1.29, 1.82) is 0 Å². The summed E-state index contributed by atoms with van der Waals surface area (Å²) in [5.41, 5.74) is 1.09. The van der Waals surface area contributed by atoms with Crippen molar-refractivity contribution in [3.05, 3.63) is 24.0 Å².